The summed E-state index contributed by atoms with van der Waals surface area (Å²) < 4.78 is 5.50. The third-order valence-corrected chi connectivity index (χ3v) is 2.80. The first kappa shape index (κ1) is 15.9. The summed E-state index contributed by atoms with van der Waals surface area (Å²) in [6.45, 7) is 5.93. The Morgan fingerprint density at radius 3 is 2.06 bits per heavy atom. The maximum atomic E-state index is 9.08. The zero-order valence-corrected chi connectivity index (χ0v) is 11.2. The molecule has 0 aliphatic rings. The Morgan fingerprint density at radius 1 is 0.875 bits per heavy atom. The maximum absolute atomic E-state index is 9.08. The minimum atomic E-state index is -0.119. The predicted molar refractivity (Wildman–Crippen MR) is 69.7 cm³/mol. The molecule has 0 bridgehead atoms. The highest BCUT2D eigenvalue weighted by molar-refractivity contribution is 4.49. The molecule has 1 unspecified atom stereocenters. The van der Waals surface area contributed by atoms with Gasteiger partial charge in [-0.2, -0.15) is 0 Å². The first-order valence-electron chi connectivity index (χ1n) is 7.03. The van der Waals surface area contributed by atoms with Crippen LogP contribution in [-0.2, 0) is 4.74 Å². The summed E-state index contributed by atoms with van der Waals surface area (Å²) in [6.07, 6.45) is 10.8. The van der Waals surface area contributed by atoms with Gasteiger partial charge in [0.05, 0.1) is 6.10 Å². The standard InChI is InChI=1S/C14H30O2/c1-3-4-12-16-13-10-8-6-5-7-9-11-14(2)15/h14-15H,3-13H2,1-2H3. The first-order chi connectivity index (χ1) is 7.77. The van der Waals surface area contributed by atoms with Crippen LogP contribution < -0.4 is 0 Å². The van der Waals surface area contributed by atoms with Gasteiger partial charge in [0.25, 0.3) is 0 Å². The van der Waals surface area contributed by atoms with Gasteiger partial charge in [0.15, 0.2) is 0 Å². The third-order valence-electron chi connectivity index (χ3n) is 2.80. The van der Waals surface area contributed by atoms with Crippen molar-refractivity contribution in [1.82, 2.24) is 0 Å². The summed E-state index contributed by atoms with van der Waals surface area (Å²) in [5, 5.41) is 9.08. The van der Waals surface area contributed by atoms with Crippen LogP contribution in [0.1, 0.15) is 71.6 Å². The third kappa shape index (κ3) is 13.9. The zero-order valence-electron chi connectivity index (χ0n) is 11.2. The monoisotopic (exact) mass is 230 g/mol. The first-order valence-corrected chi connectivity index (χ1v) is 7.03. The van der Waals surface area contributed by atoms with Crippen molar-refractivity contribution in [2.24, 2.45) is 0 Å². The average Bonchev–Trinajstić information content (AvgIpc) is 2.25. The highest BCUT2D eigenvalue weighted by Crippen LogP contribution is 2.08. The summed E-state index contributed by atoms with van der Waals surface area (Å²) in [5.41, 5.74) is 0. The normalized spacial score (nSPS) is 12.9. The molecule has 0 amide bonds. The van der Waals surface area contributed by atoms with E-state index < -0.39 is 0 Å². The molecule has 0 heterocycles. The molecule has 2 nitrogen and oxygen atoms in total. The van der Waals surface area contributed by atoms with Crippen LogP contribution in [0.5, 0.6) is 0 Å². The number of hydrogen-bond donors (Lipinski definition) is 1. The topological polar surface area (TPSA) is 29.5 Å². The van der Waals surface area contributed by atoms with Crippen molar-refractivity contribution in [2.45, 2.75) is 77.7 Å². The summed E-state index contributed by atoms with van der Waals surface area (Å²) in [6, 6.07) is 0. The number of aliphatic hydroxyl groups excluding tert-OH is 1. The van der Waals surface area contributed by atoms with Crippen LogP contribution in [-0.4, -0.2) is 24.4 Å². The van der Waals surface area contributed by atoms with Gasteiger partial charge in [0, 0.05) is 13.2 Å². The van der Waals surface area contributed by atoms with Crippen molar-refractivity contribution >= 4 is 0 Å². The molecule has 0 rings (SSSR count). The highest BCUT2D eigenvalue weighted by atomic mass is 16.5. The van der Waals surface area contributed by atoms with Crippen LogP contribution in [0.2, 0.25) is 0 Å². The fourth-order valence-electron chi connectivity index (χ4n) is 1.70. The smallest absolute Gasteiger partial charge is 0.0512 e. The Balaban J connectivity index is 2.88. The summed E-state index contributed by atoms with van der Waals surface area (Å²) >= 11 is 0. The molecule has 0 aromatic carbocycles. The predicted octanol–water partition coefficient (Wildman–Crippen LogP) is 3.91. The Kier molecular flexibility index (Phi) is 12.9. The molecule has 16 heavy (non-hydrogen) atoms. The van der Waals surface area contributed by atoms with Crippen molar-refractivity contribution in [3.63, 3.8) is 0 Å². The molecular formula is C14H30O2. The molecule has 0 aromatic rings. The van der Waals surface area contributed by atoms with Gasteiger partial charge in [-0.1, -0.05) is 45.4 Å². The van der Waals surface area contributed by atoms with E-state index in [9.17, 15) is 0 Å². The number of rotatable bonds is 12. The van der Waals surface area contributed by atoms with E-state index in [4.69, 9.17) is 9.84 Å². The van der Waals surface area contributed by atoms with Crippen LogP contribution in [0, 0.1) is 0 Å². The molecule has 0 aliphatic heterocycles. The van der Waals surface area contributed by atoms with E-state index in [1.54, 1.807) is 0 Å². The van der Waals surface area contributed by atoms with Crippen LogP contribution in [0.25, 0.3) is 0 Å². The molecule has 0 saturated heterocycles. The van der Waals surface area contributed by atoms with E-state index in [-0.39, 0.29) is 6.10 Å². The molecule has 1 atom stereocenters. The lowest BCUT2D eigenvalue weighted by molar-refractivity contribution is 0.127. The van der Waals surface area contributed by atoms with Gasteiger partial charge in [0.1, 0.15) is 0 Å². The lowest BCUT2D eigenvalue weighted by Gasteiger charge is -2.04. The second-order valence-electron chi connectivity index (χ2n) is 4.72. The molecule has 2 heteroatoms. The minimum absolute atomic E-state index is 0.119. The van der Waals surface area contributed by atoms with E-state index >= 15 is 0 Å². The van der Waals surface area contributed by atoms with Gasteiger partial charge in [-0.25, -0.2) is 0 Å². The summed E-state index contributed by atoms with van der Waals surface area (Å²) in [7, 11) is 0. The highest BCUT2D eigenvalue weighted by Gasteiger charge is 1.95. The number of unbranched alkanes of at least 4 members (excludes halogenated alkanes) is 6. The van der Waals surface area contributed by atoms with E-state index in [1.165, 1.54) is 51.4 Å². The van der Waals surface area contributed by atoms with E-state index in [0.29, 0.717) is 0 Å². The second-order valence-corrected chi connectivity index (χ2v) is 4.72. The van der Waals surface area contributed by atoms with Crippen molar-refractivity contribution in [3.8, 4) is 0 Å². The van der Waals surface area contributed by atoms with Crippen LogP contribution in [0.3, 0.4) is 0 Å². The lowest BCUT2D eigenvalue weighted by Crippen LogP contribution is -1.98. The Morgan fingerprint density at radius 2 is 1.44 bits per heavy atom. The average molecular weight is 230 g/mol. The second kappa shape index (κ2) is 13.0. The molecule has 0 saturated carbocycles. The Hall–Kier alpha value is -0.0800. The molecule has 0 fully saturated rings. The van der Waals surface area contributed by atoms with Crippen molar-refractivity contribution in [3.05, 3.63) is 0 Å². The maximum Gasteiger partial charge on any atom is 0.0512 e. The van der Waals surface area contributed by atoms with Crippen LogP contribution >= 0.6 is 0 Å². The molecule has 0 aliphatic carbocycles. The van der Waals surface area contributed by atoms with E-state index in [1.807, 2.05) is 6.92 Å². The molecule has 1 N–H and O–H groups in total. The van der Waals surface area contributed by atoms with Gasteiger partial charge in [-0.3, -0.25) is 0 Å². The van der Waals surface area contributed by atoms with Crippen molar-refractivity contribution in [2.75, 3.05) is 13.2 Å². The SMILES string of the molecule is CCCCOCCCCCCCCC(C)O. The van der Waals surface area contributed by atoms with Crippen molar-refractivity contribution < 1.29 is 9.84 Å². The molecular weight excluding hydrogens is 200 g/mol. The van der Waals surface area contributed by atoms with E-state index in [0.717, 1.165) is 19.6 Å². The number of ether oxygens (including phenoxy) is 1. The van der Waals surface area contributed by atoms with Crippen molar-refractivity contribution in [1.29, 1.82) is 0 Å². The number of hydrogen-bond acceptors (Lipinski definition) is 2. The number of aliphatic hydroxyl groups is 1. The zero-order chi connectivity index (χ0) is 12.1. The fourth-order valence-corrected chi connectivity index (χ4v) is 1.70. The minimum Gasteiger partial charge on any atom is -0.393 e. The van der Waals surface area contributed by atoms with Gasteiger partial charge < -0.3 is 9.84 Å². The van der Waals surface area contributed by atoms with Crippen LogP contribution in [0.15, 0.2) is 0 Å². The quantitative estimate of drug-likeness (QED) is 0.515. The Bertz CT molecular complexity index is 124. The molecule has 0 aromatic heterocycles. The largest absolute Gasteiger partial charge is 0.393 e. The van der Waals surface area contributed by atoms with Gasteiger partial charge in [0.2, 0.25) is 0 Å². The van der Waals surface area contributed by atoms with Gasteiger partial charge in [-0.05, 0) is 26.2 Å². The Labute approximate surface area is 101 Å². The fraction of sp³-hybridized carbons (Fsp3) is 1.00. The van der Waals surface area contributed by atoms with Gasteiger partial charge >= 0.3 is 0 Å². The van der Waals surface area contributed by atoms with Crippen LogP contribution in [0.4, 0.5) is 0 Å². The summed E-state index contributed by atoms with van der Waals surface area (Å²) in [4.78, 5) is 0. The molecule has 0 radical (unpaired) electrons. The van der Waals surface area contributed by atoms with E-state index in [2.05, 4.69) is 6.92 Å². The molecule has 98 valence electrons. The lowest BCUT2D eigenvalue weighted by atomic mass is 10.1. The molecule has 0 spiro atoms. The summed E-state index contributed by atoms with van der Waals surface area (Å²) in [5.74, 6) is 0. The van der Waals surface area contributed by atoms with Gasteiger partial charge in [-0.15, -0.1) is 0 Å².